The van der Waals surface area contributed by atoms with Gasteiger partial charge in [0.1, 0.15) is 15.8 Å². The minimum atomic E-state index is -0.440. The first kappa shape index (κ1) is 11.4. The molecule has 6 heteroatoms. The smallest absolute Gasteiger partial charge is 0.149 e. The summed E-state index contributed by atoms with van der Waals surface area (Å²) in [4.78, 5) is 0. The van der Waals surface area contributed by atoms with Gasteiger partial charge in [-0.1, -0.05) is 35.1 Å². The van der Waals surface area contributed by atoms with Crippen LogP contribution in [0.1, 0.15) is 5.01 Å². The number of nitrogens with one attached hydrogen (secondary N) is 1. The van der Waals surface area contributed by atoms with E-state index in [1.165, 1.54) is 17.4 Å². The Balaban J connectivity index is 2.39. The Hall–Kier alpha value is -1.04. The maximum Gasteiger partial charge on any atom is 0.149 e. The number of halogens is 2. The summed E-state index contributed by atoms with van der Waals surface area (Å²) < 4.78 is 13.2. The van der Waals surface area contributed by atoms with E-state index in [9.17, 15) is 4.39 Å². The zero-order valence-corrected chi connectivity index (χ0v) is 10.1. The van der Waals surface area contributed by atoms with Gasteiger partial charge >= 0.3 is 0 Å². The molecule has 0 saturated heterocycles. The van der Waals surface area contributed by atoms with Crippen LogP contribution in [0, 0.1) is 5.82 Å². The summed E-state index contributed by atoms with van der Waals surface area (Å²) in [5, 5.41) is 12.5. The summed E-state index contributed by atoms with van der Waals surface area (Å²) >= 11 is 7.26. The monoisotopic (exact) mass is 257 g/mol. The number of nitrogens with zero attached hydrogens (tertiary/aromatic N) is 2. The van der Waals surface area contributed by atoms with E-state index in [4.69, 9.17) is 11.6 Å². The van der Waals surface area contributed by atoms with Crippen molar-refractivity contribution in [1.82, 2.24) is 15.5 Å². The molecule has 0 radical (unpaired) electrons. The first-order valence-corrected chi connectivity index (χ1v) is 5.83. The molecule has 0 atom stereocenters. The second kappa shape index (κ2) is 4.86. The minimum absolute atomic E-state index is 0.0923. The van der Waals surface area contributed by atoms with Gasteiger partial charge in [0.05, 0.1) is 5.02 Å². The van der Waals surface area contributed by atoms with Crippen LogP contribution in [0.15, 0.2) is 18.2 Å². The lowest BCUT2D eigenvalue weighted by molar-refractivity contribution is 0.628. The lowest BCUT2D eigenvalue weighted by atomic mass is 10.2. The number of benzene rings is 1. The predicted molar refractivity (Wildman–Crippen MR) is 63.1 cm³/mol. The van der Waals surface area contributed by atoms with E-state index in [2.05, 4.69) is 15.5 Å². The fourth-order valence-corrected chi connectivity index (χ4v) is 2.41. The first-order chi connectivity index (χ1) is 7.72. The fourth-order valence-electron chi connectivity index (χ4n) is 1.25. The van der Waals surface area contributed by atoms with E-state index >= 15 is 0 Å². The van der Waals surface area contributed by atoms with Gasteiger partial charge in [-0.3, -0.25) is 0 Å². The van der Waals surface area contributed by atoms with Crippen molar-refractivity contribution in [1.29, 1.82) is 0 Å². The highest BCUT2D eigenvalue weighted by Crippen LogP contribution is 2.31. The molecule has 0 saturated carbocycles. The van der Waals surface area contributed by atoms with Gasteiger partial charge in [-0.05, 0) is 13.1 Å². The van der Waals surface area contributed by atoms with Crippen LogP contribution in [-0.4, -0.2) is 17.2 Å². The first-order valence-electron chi connectivity index (χ1n) is 4.63. The van der Waals surface area contributed by atoms with Crippen LogP contribution in [0.4, 0.5) is 4.39 Å². The van der Waals surface area contributed by atoms with Crippen molar-refractivity contribution < 1.29 is 4.39 Å². The molecule has 1 N–H and O–H groups in total. The Morgan fingerprint density at radius 2 is 2.25 bits per heavy atom. The minimum Gasteiger partial charge on any atom is -0.313 e. The summed E-state index contributed by atoms with van der Waals surface area (Å²) in [6, 6.07) is 4.66. The van der Waals surface area contributed by atoms with E-state index in [0.717, 1.165) is 5.01 Å². The third kappa shape index (κ3) is 2.21. The Kier molecular flexibility index (Phi) is 3.48. The van der Waals surface area contributed by atoms with E-state index in [1.807, 2.05) is 7.05 Å². The van der Waals surface area contributed by atoms with Crippen molar-refractivity contribution in [3.8, 4) is 10.6 Å². The predicted octanol–water partition coefficient (Wildman–Crippen LogP) is 2.72. The van der Waals surface area contributed by atoms with Gasteiger partial charge in [-0.25, -0.2) is 4.39 Å². The van der Waals surface area contributed by atoms with Crippen molar-refractivity contribution >= 4 is 22.9 Å². The third-order valence-electron chi connectivity index (χ3n) is 1.98. The molecular weight excluding hydrogens is 249 g/mol. The highest BCUT2D eigenvalue weighted by Gasteiger charge is 2.12. The molecule has 2 aromatic rings. The van der Waals surface area contributed by atoms with Gasteiger partial charge in [0, 0.05) is 12.1 Å². The molecule has 2 rings (SSSR count). The normalized spacial score (nSPS) is 10.7. The average molecular weight is 258 g/mol. The molecule has 16 heavy (non-hydrogen) atoms. The summed E-state index contributed by atoms with van der Waals surface area (Å²) in [6.45, 7) is 0.643. The molecule has 0 fully saturated rings. The molecule has 1 aromatic heterocycles. The quantitative estimate of drug-likeness (QED) is 0.919. The fraction of sp³-hybridized carbons (Fsp3) is 0.200. The van der Waals surface area contributed by atoms with Crippen molar-refractivity contribution in [2.75, 3.05) is 7.05 Å². The lowest BCUT2D eigenvalue weighted by Gasteiger charge is -1.99. The van der Waals surface area contributed by atoms with Crippen molar-refractivity contribution in [3.05, 3.63) is 34.0 Å². The standard InChI is InChI=1S/C10H9ClFN3S/c1-13-5-8-14-15-10(16-8)6-3-2-4-7(12)9(6)11/h2-4,13H,5H2,1H3. The second-order valence-electron chi connectivity index (χ2n) is 3.13. The lowest BCUT2D eigenvalue weighted by Crippen LogP contribution is -2.04. The topological polar surface area (TPSA) is 37.8 Å². The van der Waals surface area contributed by atoms with Crippen LogP contribution in [0.5, 0.6) is 0 Å². The van der Waals surface area contributed by atoms with Crippen LogP contribution >= 0.6 is 22.9 Å². The molecule has 0 amide bonds. The Bertz CT molecular complexity index is 501. The molecule has 1 heterocycles. The third-order valence-corrected chi connectivity index (χ3v) is 3.32. The molecule has 0 aliphatic carbocycles. The van der Waals surface area contributed by atoms with Crippen molar-refractivity contribution in [3.63, 3.8) is 0 Å². The van der Waals surface area contributed by atoms with Crippen LogP contribution < -0.4 is 5.32 Å². The summed E-state index contributed by atoms with van der Waals surface area (Å²) in [6.07, 6.45) is 0. The Morgan fingerprint density at radius 3 is 3.00 bits per heavy atom. The largest absolute Gasteiger partial charge is 0.313 e. The van der Waals surface area contributed by atoms with Gasteiger partial charge in [0.2, 0.25) is 0 Å². The molecular formula is C10H9ClFN3S. The van der Waals surface area contributed by atoms with Gasteiger partial charge in [0.15, 0.2) is 0 Å². The maximum absolute atomic E-state index is 13.2. The van der Waals surface area contributed by atoms with E-state index in [-0.39, 0.29) is 5.02 Å². The van der Waals surface area contributed by atoms with Gasteiger partial charge in [-0.15, -0.1) is 10.2 Å². The highest BCUT2D eigenvalue weighted by atomic mass is 35.5. The Morgan fingerprint density at radius 1 is 1.44 bits per heavy atom. The van der Waals surface area contributed by atoms with Crippen LogP contribution in [-0.2, 0) is 6.54 Å². The van der Waals surface area contributed by atoms with Gasteiger partial charge in [-0.2, -0.15) is 0 Å². The van der Waals surface area contributed by atoms with Crippen LogP contribution in [0.2, 0.25) is 5.02 Å². The van der Waals surface area contributed by atoms with Crippen molar-refractivity contribution in [2.45, 2.75) is 6.54 Å². The highest BCUT2D eigenvalue weighted by molar-refractivity contribution is 7.14. The van der Waals surface area contributed by atoms with Crippen LogP contribution in [0.25, 0.3) is 10.6 Å². The summed E-state index contributed by atoms with van der Waals surface area (Å²) in [5.41, 5.74) is 0.585. The van der Waals surface area contributed by atoms with E-state index in [0.29, 0.717) is 17.1 Å². The van der Waals surface area contributed by atoms with Crippen molar-refractivity contribution in [2.24, 2.45) is 0 Å². The van der Waals surface area contributed by atoms with E-state index in [1.54, 1.807) is 12.1 Å². The number of hydrogen-bond acceptors (Lipinski definition) is 4. The molecule has 0 aliphatic rings. The Labute approximate surface area is 101 Å². The molecule has 84 valence electrons. The SMILES string of the molecule is CNCc1nnc(-c2cccc(F)c2Cl)s1. The molecule has 3 nitrogen and oxygen atoms in total. The zero-order chi connectivity index (χ0) is 11.5. The molecule has 0 spiro atoms. The molecule has 1 aromatic carbocycles. The van der Waals surface area contributed by atoms with Gasteiger partial charge < -0.3 is 5.32 Å². The van der Waals surface area contributed by atoms with Gasteiger partial charge in [0.25, 0.3) is 0 Å². The number of rotatable bonds is 3. The maximum atomic E-state index is 13.2. The molecule has 0 aliphatic heterocycles. The average Bonchev–Trinajstić information content (AvgIpc) is 2.71. The molecule has 0 bridgehead atoms. The summed E-state index contributed by atoms with van der Waals surface area (Å²) in [7, 11) is 1.83. The summed E-state index contributed by atoms with van der Waals surface area (Å²) in [5.74, 6) is -0.440. The van der Waals surface area contributed by atoms with Crippen LogP contribution in [0.3, 0.4) is 0 Å². The number of hydrogen-bond donors (Lipinski definition) is 1. The zero-order valence-electron chi connectivity index (χ0n) is 8.50. The molecule has 0 unspecified atom stereocenters. The second-order valence-corrected chi connectivity index (χ2v) is 4.57. The van der Waals surface area contributed by atoms with E-state index < -0.39 is 5.82 Å². The number of aromatic nitrogens is 2.